The standard InChI is InChI=1S/C14H17N3O3S2/c1-9-5-8-14(21-9)22(19,20)16-13(18)7-6-12-10(2)15-17(4)11(12)3/h5-8H,1-4H3,(H,16,18)/b7-6-. The van der Waals surface area contributed by atoms with E-state index in [4.69, 9.17) is 0 Å². The molecule has 6 nitrogen and oxygen atoms in total. The first-order valence-electron chi connectivity index (χ1n) is 6.52. The predicted octanol–water partition coefficient (Wildman–Crippen LogP) is 1.93. The number of nitrogens with one attached hydrogen (secondary N) is 1. The average Bonchev–Trinajstić information content (AvgIpc) is 2.94. The molecule has 0 spiro atoms. The lowest BCUT2D eigenvalue weighted by atomic mass is 10.2. The Labute approximate surface area is 133 Å². The smallest absolute Gasteiger partial charge is 0.272 e. The summed E-state index contributed by atoms with van der Waals surface area (Å²) in [5.41, 5.74) is 2.49. The van der Waals surface area contributed by atoms with E-state index in [0.29, 0.717) is 0 Å². The molecule has 0 atom stereocenters. The molecule has 2 aromatic heterocycles. The molecule has 8 heteroatoms. The van der Waals surface area contributed by atoms with Gasteiger partial charge in [-0.25, -0.2) is 13.1 Å². The van der Waals surface area contributed by atoms with Crippen LogP contribution in [0.5, 0.6) is 0 Å². The topological polar surface area (TPSA) is 81.1 Å². The maximum absolute atomic E-state index is 12.0. The highest BCUT2D eigenvalue weighted by Crippen LogP contribution is 2.20. The van der Waals surface area contributed by atoms with E-state index in [2.05, 4.69) is 5.10 Å². The number of carbonyl (C=O) groups excluding carboxylic acids is 1. The average molecular weight is 339 g/mol. The summed E-state index contributed by atoms with van der Waals surface area (Å²) in [5, 5.41) is 4.23. The van der Waals surface area contributed by atoms with Crippen LogP contribution in [-0.2, 0) is 21.9 Å². The van der Waals surface area contributed by atoms with Crippen LogP contribution in [0, 0.1) is 20.8 Å². The lowest BCUT2D eigenvalue weighted by molar-refractivity contribution is -0.114. The number of nitrogens with zero attached hydrogens (tertiary/aromatic N) is 2. The zero-order valence-electron chi connectivity index (χ0n) is 12.7. The Hall–Kier alpha value is -1.93. The molecule has 2 aromatic rings. The lowest BCUT2D eigenvalue weighted by Crippen LogP contribution is -2.28. The fraction of sp³-hybridized carbons (Fsp3) is 0.286. The van der Waals surface area contributed by atoms with E-state index < -0.39 is 15.9 Å². The molecular formula is C14H17N3O3S2. The van der Waals surface area contributed by atoms with Crippen LogP contribution in [0.2, 0.25) is 0 Å². The highest BCUT2D eigenvalue weighted by molar-refractivity contribution is 7.92. The summed E-state index contributed by atoms with van der Waals surface area (Å²) >= 11 is 1.12. The molecule has 2 rings (SSSR count). The van der Waals surface area contributed by atoms with Gasteiger partial charge in [0.25, 0.3) is 15.9 Å². The number of thiophene rings is 1. The number of amides is 1. The normalized spacial score (nSPS) is 12.0. The first-order valence-corrected chi connectivity index (χ1v) is 8.82. The second-order valence-electron chi connectivity index (χ2n) is 4.88. The third-order valence-electron chi connectivity index (χ3n) is 3.18. The lowest BCUT2D eigenvalue weighted by Gasteiger charge is -2.01. The van der Waals surface area contributed by atoms with Crippen LogP contribution < -0.4 is 4.72 Å². The molecule has 0 unspecified atom stereocenters. The van der Waals surface area contributed by atoms with Crippen molar-refractivity contribution in [3.8, 4) is 0 Å². The molecule has 1 amide bonds. The summed E-state index contributed by atoms with van der Waals surface area (Å²) in [6.45, 7) is 5.51. The summed E-state index contributed by atoms with van der Waals surface area (Å²) in [4.78, 5) is 12.7. The van der Waals surface area contributed by atoms with Crippen molar-refractivity contribution in [2.45, 2.75) is 25.0 Å². The number of hydrogen-bond acceptors (Lipinski definition) is 5. The Balaban J connectivity index is 2.15. The van der Waals surface area contributed by atoms with Crippen LogP contribution in [0.3, 0.4) is 0 Å². The van der Waals surface area contributed by atoms with Crippen molar-refractivity contribution in [1.82, 2.24) is 14.5 Å². The van der Waals surface area contributed by atoms with Gasteiger partial charge < -0.3 is 0 Å². The number of sulfonamides is 1. The van der Waals surface area contributed by atoms with Crippen molar-refractivity contribution in [3.05, 3.63) is 40.0 Å². The van der Waals surface area contributed by atoms with Crippen LogP contribution >= 0.6 is 11.3 Å². The minimum absolute atomic E-state index is 0.125. The van der Waals surface area contributed by atoms with Crippen molar-refractivity contribution >= 4 is 33.3 Å². The van der Waals surface area contributed by atoms with Gasteiger partial charge in [0.15, 0.2) is 0 Å². The summed E-state index contributed by atoms with van der Waals surface area (Å²) in [6, 6.07) is 3.18. The van der Waals surface area contributed by atoms with Gasteiger partial charge in [-0.05, 0) is 39.0 Å². The molecule has 0 fully saturated rings. The minimum Gasteiger partial charge on any atom is -0.272 e. The first kappa shape index (κ1) is 16.4. The van der Waals surface area contributed by atoms with E-state index in [1.54, 1.807) is 23.7 Å². The Morgan fingerprint density at radius 3 is 2.50 bits per heavy atom. The van der Waals surface area contributed by atoms with Crippen LogP contribution in [0.15, 0.2) is 22.4 Å². The first-order chi connectivity index (χ1) is 10.2. The van der Waals surface area contributed by atoms with E-state index in [1.807, 2.05) is 25.6 Å². The van der Waals surface area contributed by atoms with Crippen molar-refractivity contribution in [2.75, 3.05) is 0 Å². The van der Waals surface area contributed by atoms with Gasteiger partial charge in [0.05, 0.1) is 5.69 Å². The van der Waals surface area contributed by atoms with Gasteiger partial charge in [-0.15, -0.1) is 11.3 Å². The van der Waals surface area contributed by atoms with Gasteiger partial charge in [-0.1, -0.05) is 0 Å². The number of aryl methyl sites for hydroxylation is 3. The Bertz CT molecular complexity index is 845. The molecule has 0 aliphatic carbocycles. The van der Waals surface area contributed by atoms with Gasteiger partial charge in [-0.2, -0.15) is 5.10 Å². The molecule has 22 heavy (non-hydrogen) atoms. The SMILES string of the molecule is Cc1ccc(S(=O)(=O)NC(=O)/C=C\c2c(C)nn(C)c2C)s1. The molecule has 0 radical (unpaired) electrons. The van der Waals surface area contributed by atoms with Crippen molar-refractivity contribution < 1.29 is 13.2 Å². The van der Waals surface area contributed by atoms with Crippen molar-refractivity contribution in [3.63, 3.8) is 0 Å². The van der Waals surface area contributed by atoms with Crippen LogP contribution in [0.25, 0.3) is 6.08 Å². The predicted molar refractivity (Wildman–Crippen MR) is 86.1 cm³/mol. The molecule has 0 aliphatic rings. The Kier molecular flexibility index (Phi) is 4.52. The number of rotatable bonds is 4. The van der Waals surface area contributed by atoms with Gasteiger partial charge in [0.2, 0.25) is 0 Å². The third kappa shape index (κ3) is 3.45. The minimum atomic E-state index is -3.81. The van der Waals surface area contributed by atoms with E-state index in [0.717, 1.165) is 33.2 Å². The number of hydrogen-bond donors (Lipinski definition) is 1. The highest BCUT2D eigenvalue weighted by Gasteiger charge is 2.18. The second-order valence-corrected chi connectivity index (χ2v) is 8.07. The second kappa shape index (κ2) is 6.05. The van der Waals surface area contributed by atoms with E-state index in [1.165, 1.54) is 12.1 Å². The van der Waals surface area contributed by atoms with Gasteiger partial charge in [0, 0.05) is 29.3 Å². The van der Waals surface area contributed by atoms with Gasteiger partial charge in [0.1, 0.15) is 4.21 Å². The quantitative estimate of drug-likeness (QED) is 0.863. The highest BCUT2D eigenvalue weighted by atomic mass is 32.2. The fourth-order valence-corrected chi connectivity index (χ4v) is 4.19. The molecular weight excluding hydrogens is 322 g/mol. The van der Waals surface area contributed by atoms with Gasteiger partial charge in [-0.3, -0.25) is 9.48 Å². The Morgan fingerprint density at radius 1 is 1.32 bits per heavy atom. The molecule has 2 heterocycles. The van der Waals surface area contributed by atoms with Crippen molar-refractivity contribution in [2.24, 2.45) is 7.05 Å². The van der Waals surface area contributed by atoms with Crippen LogP contribution in [0.4, 0.5) is 0 Å². The maximum Gasteiger partial charge on any atom is 0.273 e. The zero-order chi connectivity index (χ0) is 16.5. The number of carbonyl (C=O) groups is 1. The van der Waals surface area contributed by atoms with Crippen LogP contribution in [0.1, 0.15) is 21.8 Å². The summed E-state index contributed by atoms with van der Waals surface area (Å²) in [6.07, 6.45) is 2.78. The number of aromatic nitrogens is 2. The monoisotopic (exact) mass is 339 g/mol. The Morgan fingerprint density at radius 2 is 2.00 bits per heavy atom. The summed E-state index contributed by atoms with van der Waals surface area (Å²) in [5.74, 6) is -0.686. The molecule has 118 valence electrons. The summed E-state index contributed by atoms with van der Waals surface area (Å²) < 4.78 is 27.9. The van der Waals surface area contributed by atoms with E-state index in [-0.39, 0.29) is 4.21 Å². The maximum atomic E-state index is 12.0. The third-order valence-corrected chi connectivity index (χ3v) is 6.02. The zero-order valence-corrected chi connectivity index (χ0v) is 14.4. The molecule has 1 N–H and O–H groups in total. The molecule has 0 bridgehead atoms. The fourth-order valence-electron chi connectivity index (χ4n) is 1.96. The molecule has 0 aromatic carbocycles. The van der Waals surface area contributed by atoms with E-state index >= 15 is 0 Å². The van der Waals surface area contributed by atoms with Crippen LogP contribution in [-0.4, -0.2) is 24.1 Å². The molecule has 0 saturated heterocycles. The summed E-state index contributed by atoms with van der Waals surface area (Å²) in [7, 11) is -2.00. The van der Waals surface area contributed by atoms with Gasteiger partial charge >= 0.3 is 0 Å². The van der Waals surface area contributed by atoms with E-state index in [9.17, 15) is 13.2 Å². The largest absolute Gasteiger partial charge is 0.273 e. The molecule has 0 saturated carbocycles. The molecule has 0 aliphatic heterocycles. The van der Waals surface area contributed by atoms with Crippen molar-refractivity contribution in [1.29, 1.82) is 0 Å².